The molecule has 0 aromatic rings. The van der Waals surface area contributed by atoms with E-state index in [1.165, 1.54) is 25.7 Å². The van der Waals surface area contributed by atoms with E-state index in [9.17, 15) is 4.79 Å². The number of carbonyl (C=O) groups is 1. The second-order valence-electron chi connectivity index (χ2n) is 6.59. The van der Waals surface area contributed by atoms with Crippen molar-refractivity contribution in [3.05, 3.63) is 0 Å². The Morgan fingerprint density at radius 1 is 1.20 bits per heavy atom. The van der Waals surface area contributed by atoms with Crippen LogP contribution in [-0.4, -0.2) is 29.1 Å². The van der Waals surface area contributed by atoms with E-state index < -0.39 is 0 Å². The summed E-state index contributed by atoms with van der Waals surface area (Å²) in [6, 6.07) is 0.518. The third kappa shape index (κ3) is 3.19. The molecule has 116 valence electrons. The predicted octanol–water partition coefficient (Wildman–Crippen LogP) is 3.68. The molecule has 1 amide bonds. The average molecular weight is 280 g/mol. The highest BCUT2D eigenvalue weighted by atomic mass is 16.2. The van der Waals surface area contributed by atoms with Crippen LogP contribution in [0.5, 0.6) is 0 Å². The van der Waals surface area contributed by atoms with Gasteiger partial charge in [-0.3, -0.25) is 10.1 Å². The Bertz CT molecular complexity index is 312. The summed E-state index contributed by atoms with van der Waals surface area (Å²) >= 11 is 0. The van der Waals surface area contributed by atoms with Gasteiger partial charge < -0.3 is 4.90 Å². The van der Waals surface area contributed by atoms with Crippen molar-refractivity contribution in [1.29, 1.82) is 0 Å². The lowest BCUT2D eigenvalue weighted by Gasteiger charge is -2.35. The van der Waals surface area contributed by atoms with Crippen molar-refractivity contribution < 1.29 is 4.79 Å². The molecule has 2 fully saturated rings. The molecule has 0 spiro atoms. The van der Waals surface area contributed by atoms with Crippen LogP contribution in [0.25, 0.3) is 0 Å². The highest BCUT2D eigenvalue weighted by Gasteiger charge is 2.44. The average Bonchev–Trinajstić information content (AvgIpc) is 3.06. The van der Waals surface area contributed by atoms with Gasteiger partial charge in [0.25, 0.3) is 0 Å². The monoisotopic (exact) mass is 280 g/mol. The largest absolute Gasteiger partial charge is 0.323 e. The maximum absolute atomic E-state index is 12.8. The van der Waals surface area contributed by atoms with Crippen LogP contribution in [0.1, 0.15) is 78.6 Å². The molecule has 3 nitrogen and oxygen atoms in total. The van der Waals surface area contributed by atoms with Gasteiger partial charge in [-0.05, 0) is 38.0 Å². The smallest absolute Gasteiger partial charge is 0.241 e. The Labute approximate surface area is 124 Å². The number of carbonyl (C=O) groups excluding carboxylic acids is 1. The van der Waals surface area contributed by atoms with Crippen LogP contribution in [0.3, 0.4) is 0 Å². The molecule has 0 aromatic carbocycles. The van der Waals surface area contributed by atoms with E-state index >= 15 is 0 Å². The van der Waals surface area contributed by atoms with Crippen LogP contribution in [0.2, 0.25) is 0 Å². The quantitative estimate of drug-likeness (QED) is 0.771. The zero-order valence-corrected chi connectivity index (χ0v) is 13.5. The summed E-state index contributed by atoms with van der Waals surface area (Å²) < 4.78 is 0. The SMILES string of the molecule is CCCC1NC(C2CCCC2)N(C(CC)CCC)C1=O. The van der Waals surface area contributed by atoms with Gasteiger partial charge in [0, 0.05) is 6.04 Å². The third-order valence-corrected chi connectivity index (χ3v) is 5.13. The Hall–Kier alpha value is -0.570. The zero-order valence-electron chi connectivity index (χ0n) is 13.5. The summed E-state index contributed by atoms with van der Waals surface area (Å²) in [5.74, 6) is 1.07. The maximum atomic E-state index is 12.8. The lowest BCUT2D eigenvalue weighted by atomic mass is 10.0. The number of nitrogens with one attached hydrogen (secondary N) is 1. The van der Waals surface area contributed by atoms with E-state index in [0.29, 0.717) is 24.0 Å². The second kappa shape index (κ2) is 7.44. The molecule has 3 unspecified atom stereocenters. The Morgan fingerprint density at radius 2 is 1.90 bits per heavy atom. The number of nitrogens with zero attached hydrogens (tertiary/aromatic N) is 1. The maximum Gasteiger partial charge on any atom is 0.241 e. The summed E-state index contributed by atoms with van der Waals surface area (Å²) in [6.45, 7) is 6.63. The fraction of sp³-hybridized carbons (Fsp3) is 0.941. The van der Waals surface area contributed by atoms with Crippen LogP contribution in [-0.2, 0) is 4.79 Å². The second-order valence-corrected chi connectivity index (χ2v) is 6.59. The number of rotatable bonds is 7. The first-order valence-corrected chi connectivity index (χ1v) is 8.81. The molecule has 0 aromatic heterocycles. The van der Waals surface area contributed by atoms with Gasteiger partial charge >= 0.3 is 0 Å². The summed E-state index contributed by atoms with van der Waals surface area (Å²) in [5.41, 5.74) is 0. The first-order valence-electron chi connectivity index (χ1n) is 8.81. The van der Waals surface area contributed by atoms with E-state index in [2.05, 4.69) is 31.0 Å². The van der Waals surface area contributed by atoms with Crippen LogP contribution >= 0.6 is 0 Å². The molecule has 1 saturated carbocycles. The van der Waals surface area contributed by atoms with Crippen LogP contribution < -0.4 is 5.32 Å². The van der Waals surface area contributed by atoms with Crippen molar-refractivity contribution in [2.24, 2.45) is 5.92 Å². The topological polar surface area (TPSA) is 32.3 Å². The van der Waals surface area contributed by atoms with Crippen LogP contribution in [0.15, 0.2) is 0 Å². The van der Waals surface area contributed by atoms with Crippen LogP contribution in [0.4, 0.5) is 0 Å². The standard InChI is InChI=1S/C17H32N2O/c1-4-9-14(6-3)19-16(13-11-7-8-12-13)18-15(10-5-2)17(19)20/h13-16,18H,4-12H2,1-3H3. The molecule has 0 radical (unpaired) electrons. The van der Waals surface area contributed by atoms with E-state index in [1.54, 1.807) is 0 Å². The van der Waals surface area contributed by atoms with Gasteiger partial charge in [0.05, 0.1) is 12.2 Å². The fourth-order valence-corrected chi connectivity index (χ4v) is 4.09. The third-order valence-electron chi connectivity index (χ3n) is 5.13. The molecule has 3 heteroatoms. The summed E-state index contributed by atoms with van der Waals surface area (Å²) in [6.07, 6.45) is 11.1. The van der Waals surface area contributed by atoms with E-state index in [0.717, 1.165) is 32.1 Å². The molecular formula is C17H32N2O. The Balaban J connectivity index is 2.14. The first kappa shape index (κ1) is 15.8. The summed E-state index contributed by atoms with van der Waals surface area (Å²) in [4.78, 5) is 15.1. The molecule has 1 heterocycles. The van der Waals surface area contributed by atoms with Gasteiger partial charge in [0.2, 0.25) is 5.91 Å². The molecule has 0 bridgehead atoms. The molecule has 1 aliphatic heterocycles. The normalized spacial score (nSPS) is 29.4. The highest BCUT2D eigenvalue weighted by molar-refractivity contribution is 5.84. The minimum absolute atomic E-state index is 0.0801. The lowest BCUT2D eigenvalue weighted by Crippen LogP contribution is -2.47. The predicted molar refractivity (Wildman–Crippen MR) is 83.4 cm³/mol. The minimum Gasteiger partial charge on any atom is -0.323 e. The van der Waals surface area contributed by atoms with E-state index in [4.69, 9.17) is 0 Å². The van der Waals surface area contributed by atoms with E-state index in [-0.39, 0.29) is 6.04 Å². The van der Waals surface area contributed by atoms with Gasteiger partial charge in [0.1, 0.15) is 0 Å². The molecule has 1 saturated heterocycles. The Kier molecular flexibility index (Phi) is 5.88. The number of hydrogen-bond donors (Lipinski definition) is 1. The molecule has 2 aliphatic rings. The zero-order chi connectivity index (χ0) is 14.5. The van der Waals surface area contributed by atoms with Crippen molar-refractivity contribution in [1.82, 2.24) is 10.2 Å². The summed E-state index contributed by atoms with van der Waals surface area (Å²) in [5, 5.41) is 3.68. The van der Waals surface area contributed by atoms with Crippen molar-refractivity contribution in [3.8, 4) is 0 Å². The van der Waals surface area contributed by atoms with Crippen molar-refractivity contribution in [2.45, 2.75) is 96.8 Å². The van der Waals surface area contributed by atoms with Crippen molar-refractivity contribution >= 4 is 5.91 Å². The minimum atomic E-state index is 0.0801. The lowest BCUT2D eigenvalue weighted by molar-refractivity contribution is -0.133. The summed E-state index contributed by atoms with van der Waals surface area (Å²) in [7, 11) is 0. The molecule has 1 N–H and O–H groups in total. The molecule has 20 heavy (non-hydrogen) atoms. The number of amides is 1. The molecule has 2 rings (SSSR count). The van der Waals surface area contributed by atoms with E-state index in [1.807, 2.05) is 0 Å². The van der Waals surface area contributed by atoms with Gasteiger partial charge in [-0.2, -0.15) is 0 Å². The first-order chi connectivity index (χ1) is 9.72. The van der Waals surface area contributed by atoms with Gasteiger partial charge in [-0.1, -0.05) is 46.5 Å². The molecular weight excluding hydrogens is 248 g/mol. The molecule has 3 atom stereocenters. The van der Waals surface area contributed by atoms with Crippen LogP contribution in [0, 0.1) is 5.92 Å². The van der Waals surface area contributed by atoms with Gasteiger partial charge in [-0.25, -0.2) is 0 Å². The number of hydrogen-bond acceptors (Lipinski definition) is 2. The molecule has 1 aliphatic carbocycles. The van der Waals surface area contributed by atoms with Gasteiger partial charge in [-0.15, -0.1) is 0 Å². The van der Waals surface area contributed by atoms with Crippen molar-refractivity contribution in [2.75, 3.05) is 0 Å². The Morgan fingerprint density at radius 3 is 2.45 bits per heavy atom. The van der Waals surface area contributed by atoms with Crippen molar-refractivity contribution in [3.63, 3.8) is 0 Å². The fourth-order valence-electron chi connectivity index (χ4n) is 4.09. The van der Waals surface area contributed by atoms with Gasteiger partial charge in [0.15, 0.2) is 0 Å². The highest BCUT2D eigenvalue weighted by Crippen LogP contribution is 2.34.